The molecular formula is C51H33N3O2S. The van der Waals surface area contributed by atoms with Gasteiger partial charge in [0.25, 0.3) is 0 Å². The molecule has 2 N–H and O–H groups in total. The molecule has 5 nitrogen and oxygen atoms in total. The van der Waals surface area contributed by atoms with Crippen molar-refractivity contribution in [2.45, 2.75) is 0 Å². The normalized spacial score (nSPS) is 11.6. The molecule has 0 saturated carbocycles. The van der Waals surface area contributed by atoms with Crippen LogP contribution in [-0.4, -0.2) is 24.3 Å². The molecule has 0 aliphatic rings. The van der Waals surface area contributed by atoms with Gasteiger partial charge in [0.2, 0.25) is 0 Å². The summed E-state index contributed by atoms with van der Waals surface area (Å²) >= 11 is 1.57. The number of para-hydroxylation sites is 6. The highest BCUT2D eigenvalue weighted by Crippen LogP contribution is 2.46. The number of phenolic OH excluding ortho intramolecular Hbond substituents is 2. The van der Waals surface area contributed by atoms with E-state index < -0.39 is 0 Å². The zero-order valence-electron chi connectivity index (χ0n) is 30.5. The smallest absolute Gasteiger partial charge is 0.147 e. The Labute approximate surface area is 332 Å². The molecule has 0 aliphatic heterocycles. The summed E-state index contributed by atoms with van der Waals surface area (Å²) in [4.78, 5) is 5.24. The van der Waals surface area contributed by atoms with Crippen molar-refractivity contribution in [1.29, 1.82) is 0 Å². The molecule has 11 rings (SSSR count). The van der Waals surface area contributed by atoms with Crippen LogP contribution in [0.4, 0.5) is 0 Å². The Bertz CT molecular complexity index is 3020. The first-order chi connectivity index (χ1) is 28.2. The van der Waals surface area contributed by atoms with Crippen LogP contribution >= 0.6 is 11.3 Å². The molecule has 0 aliphatic carbocycles. The van der Waals surface area contributed by atoms with Crippen LogP contribution in [0.5, 0.6) is 11.5 Å². The number of aromatic nitrogens is 3. The average Bonchev–Trinajstić information content (AvgIpc) is 3.98. The Morgan fingerprint density at radius 2 is 0.702 bits per heavy atom. The van der Waals surface area contributed by atoms with Gasteiger partial charge >= 0.3 is 0 Å². The predicted octanol–water partition coefficient (Wildman–Crippen LogP) is 13.4. The molecule has 0 spiro atoms. The van der Waals surface area contributed by atoms with Gasteiger partial charge in [-0.1, -0.05) is 146 Å². The van der Waals surface area contributed by atoms with Crippen LogP contribution in [-0.2, 0) is 0 Å². The minimum absolute atomic E-state index is 0.205. The number of hydrogen-bond donors (Lipinski definition) is 2. The van der Waals surface area contributed by atoms with E-state index in [-0.39, 0.29) is 11.5 Å². The number of fused-ring (bicyclic) bond motifs is 6. The van der Waals surface area contributed by atoms with Crippen LogP contribution in [0.2, 0.25) is 0 Å². The molecule has 0 bridgehead atoms. The number of nitrogens with zero attached hydrogens (tertiary/aromatic N) is 3. The molecule has 0 radical (unpaired) electrons. The summed E-state index contributed by atoms with van der Waals surface area (Å²) in [5, 5.41) is 31.7. The highest BCUT2D eigenvalue weighted by atomic mass is 32.1. The number of aromatic hydroxyl groups is 2. The number of thiazole rings is 1. The van der Waals surface area contributed by atoms with E-state index in [0.29, 0.717) is 0 Å². The van der Waals surface area contributed by atoms with Crippen LogP contribution in [0.3, 0.4) is 0 Å². The maximum Gasteiger partial charge on any atom is 0.147 e. The van der Waals surface area contributed by atoms with Gasteiger partial charge in [0, 0.05) is 49.2 Å². The van der Waals surface area contributed by atoms with E-state index >= 15 is 0 Å². The molecule has 11 aromatic rings. The number of hydrogen-bond acceptors (Lipinski definition) is 4. The van der Waals surface area contributed by atoms with Crippen molar-refractivity contribution in [3.63, 3.8) is 0 Å². The molecular weight excluding hydrogens is 719 g/mol. The fourth-order valence-electron chi connectivity index (χ4n) is 8.59. The summed E-state index contributed by atoms with van der Waals surface area (Å²) in [6, 6.07) is 61.5. The monoisotopic (exact) mass is 751 g/mol. The molecule has 270 valence electrons. The number of phenols is 2. The van der Waals surface area contributed by atoms with Crippen LogP contribution in [0.25, 0.3) is 99.1 Å². The second kappa shape index (κ2) is 13.1. The summed E-state index contributed by atoms with van der Waals surface area (Å²) in [6.45, 7) is 0. The zero-order chi connectivity index (χ0) is 38.0. The lowest BCUT2D eigenvalue weighted by atomic mass is 9.96. The van der Waals surface area contributed by atoms with Gasteiger partial charge in [-0.25, -0.2) is 4.98 Å². The van der Waals surface area contributed by atoms with Crippen LogP contribution < -0.4 is 0 Å². The minimum Gasteiger partial charge on any atom is -0.505 e. The lowest BCUT2D eigenvalue weighted by Gasteiger charge is -2.15. The minimum atomic E-state index is 0.205. The van der Waals surface area contributed by atoms with E-state index in [9.17, 15) is 10.2 Å². The van der Waals surface area contributed by atoms with E-state index in [0.717, 1.165) is 99.1 Å². The van der Waals surface area contributed by atoms with Crippen molar-refractivity contribution in [3.8, 4) is 67.0 Å². The maximum atomic E-state index is 12.1. The van der Waals surface area contributed by atoms with Gasteiger partial charge in [-0.05, 0) is 47.5 Å². The number of benzene rings is 8. The molecule has 0 amide bonds. The van der Waals surface area contributed by atoms with Crippen LogP contribution in [0, 0.1) is 0 Å². The standard InChI is InChI=1S/C51H33N3O2S/c55-49-39(23-13-29-47(49)53-43-25-9-5-18-35(43)36-19-6-10-26-44(36)53)32-15-1-3-17-34(32)42-31-57-51(52-42)41-22-4-2-16-33(41)40-24-14-30-48(50(40)56)54-45-27-11-7-20-37(45)38-21-8-12-28-46(38)54/h1-31,55-56H. The summed E-state index contributed by atoms with van der Waals surface area (Å²) in [6.07, 6.45) is 0. The van der Waals surface area contributed by atoms with Gasteiger partial charge in [-0.3, -0.25) is 0 Å². The Morgan fingerprint density at radius 3 is 1.16 bits per heavy atom. The Balaban J connectivity index is 1.01. The van der Waals surface area contributed by atoms with E-state index in [1.54, 1.807) is 11.3 Å². The zero-order valence-corrected chi connectivity index (χ0v) is 31.4. The highest BCUT2D eigenvalue weighted by molar-refractivity contribution is 7.13. The summed E-state index contributed by atoms with van der Waals surface area (Å²) in [5.41, 5.74) is 11.5. The molecule has 3 aromatic heterocycles. The molecule has 57 heavy (non-hydrogen) atoms. The third kappa shape index (κ3) is 5.12. The van der Waals surface area contributed by atoms with Gasteiger partial charge < -0.3 is 19.3 Å². The molecule has 0 unspecified atom stereocenters. The molecule has 0 saturated heterocycles. The van der Waals surface area contributed by atoms with Crippen LogP contribution in [0.1, 0.15) is 0 Å². The second-order valence-electron chi connectivity index (χ2n) is 14.2. The molecule has 0 fully saturated rings. The summed E-state index contributed by atoms with van der Waals surface area (Å²) < 4.78 is 4.30. The Kier molecular flexibility index (Phi) is 7.59. The fraction of sp³-hybridized carbons (Fsp3) is 0. The van der Waals surface area contributed by atoms with E-state index in [4.69, 9.17) is 4.98 Å². The van der Waals surface area contributed by atoms with E-state index in [1.165, 1.54) is 0 Å². The Hall–Kier alpha value is -7.41. The lowest BCUT2D eigenvalue weighted by molar-refractivity contribution is 0.474. The van der Waals surface area contributed by atoms with Crippen molar-refractivity contribution < 1.29 is 10.2 Å². The van der Waals surface area contributed by atoms with Gasteiger partial charge in [0.15, 0.2) is 0 Å². The lowest BCUT2D eigenvalue weighted by Crippen LogP contribution is -1.96. The molecule has 3 heterocycles. The third-order valence-electron chi connectivity index (χ3n) is 11.1. The predicted molar refractivity (Wildman–Crippen MR) is 236 cm³/mol. The van der Waals surface area contributed by atoms with Crippen molar-refractivity contribution in [2.24, 2.45) is 0 Å². The van der Waals surface area contributed by atoms with Gasteiger partial charge in [-0.15, -0.1) is 11.3 Å². The third-order valence-corrected chi connectivity index (χ3v) is 12.0. The largest absolute Gasteiger partial charge is 0.505 e. The van der Waals surface area contributed by atoms with Crippen molar-refractivity contribution in [3.05, 3.63) is 187 Å². The van der Waals surface area contributed by atoms with Gasteiger partial charge in [0.1, 0.15) is 16.5 Å². The van der Waals surface area contributed by atoms with Gasteiger partial charge in [0.05, 0.1) is 39.1 Å². The molecule has 8 aromatic carbocycles. The summed E-state index contributed by atoms with van der Waals surface area (Å²) in [7, 11) is 0. The number of rotatable bonds is 6. The first kappa shape index (κ1) is 33.0. The molecule has 0 atom stereocenters. The van der Waals surface area contributed by atoms with Gasteiger partial charge in [-0.2, -0.15) is 0 Å². The second-order valence-corrected chi connectivity index (χ2v) is 15.1. The quantitative estimate of drug-likeness (QED) is 0.178. The maximum absolute atomic E-state index is 12.1. The fourth-order valence-corrected chi connectivity index (χ4v) is 9.45. The first-order valence-corrected chi connectivity index (χ1v) is 19.8. The summed E-state index contributed by atoms with van der Waals surface area (Å²) in [5.74, 6) is 0.410. The highest BCUT2D eigenvalue weighted by Gasteiger charge is 2.22. The topological polar surface area (TPSA) is 63.2 Å². The average molecular weight is 752 g/mol. The SMILES string of the molecule is Oc1c(-c2ccccc2-c2csc(-c3ccccc3-c3cccc(-n4c5ccccc5c5ccccc54)c3O)n2)cccc1-n1c2ccccc2c2ccccc21. The Morgan fingerprint density at radius 1 is 0.351 bits per heavy atom. The van der Waals surface area contributed by atoms with Crippen molar-refractivity contribution in [1.82, 2.24) is 14.1 Å². The van der Waals surface area contributed by atoms with Crippen molar-refractivity contribution in [2.75, 3.05) is 0 Å². The van der Waals surface area contributed by atoms with Crippen molar-refractivity contribution >= 4 is 54.9 Å². The molecule has 6 heteroatoms. The van der Waals surface area contributed by atoms with Crippen LogP contribution in [0.15, 0.2) is 187 Å². The first-order valence-electron chi connectivity index (χ1n) is 18.9. The van der Waals surface area contributed by atoms with E-state index in [1.807, 2.05) is 97.1 Å². The van der Waals surface area contributed by atoms with E-state index in [2.05, 4.69) is 99.4 Å².